The van der Waals surface area contributed by atoms with Gasteiger partial charge in [0.05, 0.1) is 31.2 Å². The lowest BCUT2D eigenvalue weighted by molar-refractivity contribution is -0.906. The van der Waals surface area contributed by atoms with Gasteiger partial charge < -0.3 is 15.0 Å². The molecular weight excluding hydrogens is 390 g/mol. The fourth-order valence-electron chi connectivity index (χ4n) is 4.14. The molecule has 7 nitrogen and oxygen atoms in total. The fraction of sp³-hybridized carbons (Fsp3) is 0.476. The van der Waals surface area contributed by atoms with Crippen molar-refractivity contribution < 1.29 is 22.8 Å². The summed E-state index contributed by atoms with van der Waals surface area (Å²) in [4.78, 5) is 14.4. The van der Waals surface area contributed by atoms with Gasteiger partial charge in [0.25, 0.3) is 0 Å². The van der Waals surface area contributed by atoms with Gasteiger partial charge >= 0.3 is 0 Å². The van der Waals surface area contributed by atoms with E-state index in [0.29, 0.717) is 25.9 Å². The van der Waals surface area contributed by atoms with Crippen LogP contribution in [0, 0.1) is 0 Å². The van der Waals surface area contributed by atoms with E-state index in [1.165, 1.54) is 9.21 Å². The summed E-state index contributed by atoms with van der Waals surface area (Å²) in [5, 5.41) is 4.82. The molecule has 0 aromatic heterocycles. The predicted molar refractivity (Wildman–Crippen MR) is 110 cm³/mol. The number of hydrogen-bond acceptors (Lipinski definition) is 4. The van der Waals surface area contributed by atoms with Gasteiger partial charge in [-0.25, -0.2) is 8.42 Å². The third kappa shape index (κ3) is 4.45. The molecule has 0 spiro atoms. The molecule has 4 rings (SSSR count). The number of carbonyl (C=O) groups is 1. The zero-order valence-electron chi connectivity index (χ0n) is 16.5. The lowest BCUT2D eigenvalue weighted by Crippen LogP contribution is -3.14. The monoisotopic (exact) mass is 418 g/mol. The van der Waals surface area contributed by atoms with Crippen LogP contribution >= 0.6 is 0 Å². The smallest absolute Gasteiger partial charge is 0.243 e. The van der Waals surface area contributed by atoms with Crippen LogP contribution in [-0.2, 0) is 19.6 Å². The van der Waals surface area contributed by atoms with Crippen molar-refractivity contribution in [3.05, 3.63) is 42.5 Å². The van der Waals surface area contributed by atoms with Crippen LogP contribution in [0.25, 0.3) is 10.8 Å². The fourth-order valence-corrected chi connectivity index (χ4v) is 5.84. The van der Waals surface area contributed by atoms with E-state index < -0.39 is 16.1 Å². The Morgan fingerprint density at radius 3 is 2.69 bits per heavy atom. The molecule has 2 aliphatic rings. The number of sulfonamides is 1. The average molecular weight is 419 g/mol. The van der Waals surface area contributed by atoms with Gasteiger partial charge in [0, 0.05) is 6.54 Å². The van der Waals surface area contributed by atoms with Crippen molar-refractivity contribution >= 4 is 26.7 Å². The summed E-state index contributed by atoms with van der Waals surface area (Å²) in [6, 6.07) is 12.2. The molecule has 8 heteroatoms. The van der Waals surface area contributed by atoms with Crippen molar-refractivity contribution in [1.82, 2.24) is 9.62 Å². The highest BCUT2D eigenvalue weighted by Crippen LogP contribution is 2.28. The maximum absolute atomic E-state index is 13.2. The second-order valence-corrected chi connectivity index (χ2v) is 9.58. The number of fused-ring (bicyclic) bond motifs is 1. The molecule has 2 aromatic carbocycles. The van der Waals surface area contributed by atoms with Gasteiger partial charge in [-0.3, -0.25) is 4.79 Å². The number of amides is 1. The zero-order chi connectivity index (χ0) is 20.3. The number of hydrogen-bond donors (Lipinski definition) is 2. The molecule has 156 valence electrons. The van der Waals surface area contributed by atoms with Gasteiger partial charge in [0.15, 0.2) is 0 Å². The van der Waals surface area contributed by atoms with E-state index in [-0.39, 0.29) is 10.8 Å². The molecular formula is C21H28N3O4S+. The van der Waals surface area contributed by atoms with Crippen LogP contribution in [-0.4, -0.2) is 70.6 Å². The Labute approximate surface area is 171 Å². The van der Waals surface area contributed by atoms with Gasteiger partial charge in [0.2, 0.25) is 15.9 Å². The number of nitrogens with zero attached hydrogens (tertiary/aromatic N) is 1. The number of rotatable bonds is 6. The molecule has 0 radical (unpaired) electrons. The second kappa shape index (κ2) is 8.79. The molecule has 0 bridgehead atoms. The van der Waals surface area contributed by atoms with Crippen LogP contribution in [0.1, 0.15) is 12.8 Å². The summed E-state index contributed by atoms with van der Waals surface area (Å²) in [6.45, 7) is 5.16. The highest BCUT2D eigenvalue weighted by atomic mass is 32.2. The van der Waals surface area contributed by atoms with E-state index in [9.17, 15) is 13.2 Å². The topological polar surface area (TPSA) is 80.2 Å². The third-order valence-corrected chi connectivity index (χ3v) is 7.72. The van der Waals surface area contributed by atoms with Crippen molar-refractivity contribution in [1.29, 1.82) is 0 Å². The molecule has 1 atom stereocenters. The first-order valence-electron chi connectivity index (χ1n) is 10.3. The number of benzene rings is 2. The Kier molecular flexibility index (Phi) is 6.15. The SMILES string of the molecule is O=C(NCC[NH+]1CCOCC1)[C@@H]1CCCN1S(=O)(=O)c1ccc2ccccc2c1. The first kappa shape index (κ1) is 20.3. The molecule has 2 saturated heterocycles. The van der Waals surface area contributed by atoms with Crippen molar-refractivity contribution in [2.45, 2.75) is 23.8 Å². The van der Waals surface area contributed by atoms with E-state index in [0.717, 1.165) is 43.6 Å². The van der Waals surface area contributed by atoms with Crippen LogP contribution in [0.4, 0.5) is 0 Å². The summed E-state index contributed by atoms with van der Waals surface area (Å²) in [6.07, 6.45) is 1.25. The second-order valence-electron chi connectivity index (χ2n) is 7.69. The lowest BCUT2D eigenvalue weighted by Gasteiger charge is -2.25. The maximum Gasteiger partial charge on any atom is 0.243 e. The number of ether oxygens (including phenoxy) is 1. The quantitative estimate of drug-likeness (QED) is 0.694. The Morgan fingerprint density at radius 2 is 1.90 bits per heavy atom. The molecule has 2 heterocycles. The van der Waals surface area contributed by atoms with Gasteiger partial charge in [-0.2, -0.15) is 4.31 Å². The summed E-state index contributed by atoms with van der Waals surface area (Å²) in [7, 11) is -3.72. The molecule has 0 saturated carbocycles. The Balaban J connectivity index is 1.43. The summed E-state index contributed by atoms with van der Waals surface area (Å²) in [5.74, 6) is -0.195. The minimum Gasteiger partial charge on any atom is -0.370 e. The minimum atomic E-state index is -3.72. The van der Waals surface area contributed by atoms with E-state index in [4.69, 9.17) is 4.74 Å². The largest absolute Gasteiger partial charge is 0.370 e. The molecule has 0 aliphatic carbocycles. The van der Waals surface area contributed by atoms with Gasteiger partial charge in [-0.1, -0.05) is 30.3 Å². The van der Waals surface area contributed by atoms with E-state index in [1.54, 1.807) is 12.1 Å². The molecule has 1 amide bonds. The molecule has 2 fully saturated rings. The van der Waals surface area contributed by atoms with Crippen LogP contribution in [0.5, 0.6) is 0 Å². The highest BCUT2D eigenvalue weighted by Gasteiger charge is 2.39. The number of morpholine rings is 1. The van der Waals surface area contributed by atoms with Crippen LogP contribution < -0.4 is 10.2 Å². The molecule has 29 heavy (non-hydrogen) atoms. The van der Waals surface area contributed by atoms with E-state index in [2.05, 4.69) is 5.32 Å². The van der Waals surface area contributed by atoms with Crippen molar-refractivity contribution in [3.63, 3.8) is 0 Å². The first-order chi connectivity index (χ1) is 14.1. The number of nitrogens with one attached hydrogen (secondary N) is 2. The van der Waals surface area contributed by atoms with Crippen LogP contribution in [0.3, 0.4) is 0 Å². The van der Waals surface area contributed by atoms with Gasteiger partial charge in [0.1, 0.15) is 19.1 Å². The van der Waals surface area contributed by atoms with Crippen molar-refractivity contribution in [3.8, 4) is 0 Å². The normalized spacial score (nSPS) is 21.4. The predicted octanol–water partition coefficient (Wildman–Crippen LogP) is 0.0242. The molecule has 2 N–H and O–H groups in total. The summed E-state index contributed by atoms with van der Waals surface area (Å²) >= 11 is 0. The zero-order valence-corrected chi connectivity index (χ0v) is 17.3. The van der Waals surface area contributed by atoms with E-state index in [1.807, 2.05) is 30.3 Å². The Hall–Kier alpha value is -2.00. The molecule has 2 aromatic rings. The lowest BCUT2D eigenvalue weighted by atomic mass is 10.1. The van der Waals surface area contributed by atoms with E-state index >= 15 is 0 Å². The Morgan fingerprint density at radius 1 is 1.14 bits per heavy atom. The third-order valence-electron chi connectivity index (χ3n) is 5.81. The summed E-state index contributed by atoms with van der Waals surface area (Å²) < 4.78 is 33.2. The van der Waals surface area contributed by atoms with Crippen molar-refractivity contribution in [2.24, 2.45) is 0 Å². The van der Waals surface area contributed by atoms with Gasteiger partial charge in [-0.15, -0.1) is 0 Å². The minimum absolute atomic E-state index is 0.195. The maximum atomic E-state index is 13.2. The molecule has 2 aliphatic heterocycles. The van der Waals surface area contributed by atoms with Crippen molar-refractivity contribution in [2.75, 3.05) is 45.9 Å². The van der Waals surface area contributed by atoms with Crippen LogP contribution in [0.15, 0.2) is 47.4 Å². The number of carbonyl (C=O) groups excluding carboxylic acids is 1. The standard InChI is InChI=1S/C21H27N3O4S/c25-21(22-9-11-23-12-14-28-15-13-23)20-6-3-10-24(20)29(26,27)19-8-7-17-4-1-2-5-18(17)16-19/h1-2,4-5,7-8,16,20H,3,6,9-15H2,(H,22,25)/p+1/t20-/m0/s1. The molecule has 0 unspecified atom stereocenters. The highest BCUT2D eigenvalue weighted by molar-refractivity contribution is 7.89. The summed E-state index contributed by atoms with van der Waals surface area (Å²) in [5.41, 5.74) is 0. The van der Waals surface area contributed by atoms with Gasteiger partial charge in [-0.05, 0) is 35.7 Å². The first-order valence-corrected chi connectivity index (χ1v) is 11.7. The van der Waals surface area contributed by atoms with Crippen LogP contribution in [0.2, 0.25) is 0 Å². The Bertz CT molecular complexity index is 973. The number of quaternary nitrogens is 1. The average Bonchev–Trinajstić information content (AvgIpc) is 3.25.